The van der Waals surface area contributed by atoms with Gasteiger partial charge in [0.1, 0.15) is 12.4 Å². The first-order valence-corrected chi connectivity index (χ1v) is 7.39. The number of benzene rings is 2. The van der Waals surface area contributed by atoms with Crippen LogP contribution in [0.15, 0.2) is 48.5 Å². The molecule has 0 aliphatic carbocycles. The molecule has 0 saturated heterocycles. The summed E-state index contributed by atoms with van der Waals surface area (Å²) in [7, 11) is 0. The van der Waals surface area contributed by atoms with Crippen LogP contribution in [0.1, 0.15) is 34.3 Å². The predicted molar refractivity (Wildman–Crippen MR) is 83.4 cm³/mol. The van der Waals surface area contributed by atoms with Crippen molar-refractivity contribution in [1.82, 2.24) is 0 Å². The van der Waals surface area contributed by atoms with Gasteiger partial charge in [0.2, 0.25) is 0 Å². The van der Waals surface area contributed by atoms with Crippen LogP contribution in [0.3, 0.4) is 0 Å². The van der Waals surface area contributed by atoms with Crippen LogP contribution in [0.4, 0.5) is 13.2 Å². The van der Waals surface area contributed by atoms with Crippen LogP contribution in [0.2, 0.25) is 0 Å². The van der Waals surface area contributed by atoms with Crippen LogP contribution in [0.5, 0.6) is 5.75 Å². The summed E-state index contributed by atoms with van der Waals surface area (Å²) >= 11 is 0. The quantitative estimate of drug-likeness (QED) is 0.753. The number of alkyl halides is 3. The number of hydrogen-bond acceptors (Lipinski definition) is 3. The van der Waals surface area contributed by atoms with E-state index in [1.807, 2.05) is 0 Å². The fraction of sp³-hybridized carbons (Fsp3) is 0.222. The summed E-state index contributed by atoms with van der Waals surface area (Å²) in [5.41, 5.74) is 0.143. The van der Waals surface area contributed by atoms with Crippen molar-refractivity contribution in [2.24, 2.45) is 0 Å². The van der Waals surface area contributed by atoms with Gasteiger partial charge in [0.05, 0.1) is 12.0 Å². The van der Waals surface area contributed by atoms with Crippen molar-refractivity contribution in [3.63, 3.8) is 0 Å². The van der Waals surface area contributed by atoms with Gasteiger partial charge in [0.15, 0.2) is 5.78 Å². The second-order valence-electron chi connectivity index (χ2n) is 5.33. The summed E-state index contributed by atoms with van der Waals surface area (Å²) in [5, 5.41) is 8.60. The first-order valence-electron chi connectivity index (χ1n) is 7.39. The molecule has 0 saturated carbocycles. The van der Waals surface area contributed by atoms with E-state index < -0.39 is 17.7 Å². The molecule has 7 heteroatoms. The van der Waals surface area contributed by atoms with Gasteiger partial charge in [-0.05, 0) is 29.8 Å². The van der Waals surface area contributed by atoms with Gasteiger partial charge in [-0.2, -0.15) is 13.2 Å². The van der Waals surface area contributed by atoms with Gasteiger partial charge in [-0.3, -0.25) is 9.59 Å². The van der Waals surface area contributed by atoms with Crippen LogP contribution < -0.4 is 4.74 Å². The second kappa shape index (κ2) is 7.83. The molecule has 2 aromatic rings. The lowest BCUT2D eigenvalue weighted by atomic mass is 10.1. The number of halogens is 3. The van der Waals surface area contributed by atoms with Gasteiger partial charge in [0.25, 0.3) is 0 Å². The van der Waals surface area contributed by atoms with Crippen LogP contribution in [-0.2, 0) is 17.6 Å². The number of carboxylic acid groups (broad SMARTS) is 1. The highest BCUT2D eigenvalue weighted by atomic mass is 19.4. The number of Topliss-reactive ketones (excluding diaryl/α,β-unsaturated/α-hetero) is 1. The molecular weight excluding hydrogens is 337 g/mol. The first-order chi connectivity index (χ1) is 11.8. The van der Waals surface area contributed by atoms with Crippen molar-refractivity contribution >= 4 is 11.8 Å². The minimum absolute atomic E-state index is 0.0465. The third-order valence-electron chi connectivity index (χ3n) is 3.41. The normalized spacial score (nSPS) is 11.2. The Labute approximate surface area is 141 Å². The van der Waals surface area contributed by atoms with E-state index >= 15 is 0 Å². The largest absolute Gasteiger partial charge is 0.489 e. The fourth-order valence-electron chi connectivity index (χ4n) is 2.08. The third-order valence-corrected chi connectivity index (χ3v) is 3.41. The summed E-state index contributed by atoms with van der Waals surface area (Å²) in [6.07, 6.45) is -4.75. The highest BCUT2D eigenvalue weighted by molar-refractivity contribution is 5.97. The predicted octanol–water partition coefficient (Wildman–Crippen LogP) is 4.33. The van der Waals surface area contributed by atoms with Crippen molar-refractivity contribution in [3.8, 4) is 5.75 Å². The molecule has 2 aromatic carbocycles. The Bertz CT molecular complexity index is 752. The number of hydrogen-bond donors (Lipinski definition) is 1. The fourth-order valence-corrected chi connectivity index (χ4v) is 2.08. The Kier molecular flexibility index (Phi) is 5.80. The molecule has 4 nitrogen and oxygen atoms in total. The van der Waals surface area contributed by atoms with Crippen LogP contribution in [0, 0.1) is 0 Å². The molecule has 1 N–H and O–H groups in total. The van der Waals surface area contributed by atoms with E-state index in [9.17, 15) is 22.8 Å². The number of rotatable bonds is 7. The average Bonchev–Trinajstić information content (AvgIpc) is 2.57. The number of carbonyl (C=O) groups is 2. The molecular formula is C18H15F3O4. The summed E-state index contributed by atoms with van der Waals surface area (Å²) in [6, 6.07) is 10.8. The van der Waals surface area contributed by atoms with E-state index in [1.165, 1.54) is 18.2 Å². The molecule has 0 bridgehead atoms. The third kappa shape index (κ3) is 5.63. The number of aliphatic carboxylic acids is 1. The Hall–Kier alpha value is -2.83. The van der Waals surface area contributed by atoms with Crippen LogP contribution in [-0.4, -0.2) is 16.9 Å². The molecule has 0 spiro atoms. The van der Waals surface area contributed by atoms with E-state index in [-0.39, 0.29) is 25.2 Å². The van der Waals surface area contributed by atoms with Gasteiger partial charge in [-0.25, -0.2) is 0 Å². The monoisotopic (exact) mass is 352 g/mol. The van der Waals surface area contributed by atoms with Crippen molar-refractivity contribution in [2.45, 2.75) is 25.6 Å². The molecule has 25 heavy (non-hydrogen) atoms. The molecule has 0 heterocycles. The Morgan fingerprint density at radius 2 is 1.68 bits per heavy atom. The van der Waals surface area contributed by atoms with Crippen molar-refractivity contribution in [2.75, 3.05) is 0 Å². The van der Waals surface area contributed by atoms with Crippen molar-refractivity contribution in [3.05, 3.63) is 65.2 Å². The van der Waals surface area contributed by atoms with E-state index in [1.54, 1.807) is 18.2 Å². The maximum atomic E-state index is 12.5. The molecule has 0 unspecified atom stereocenters. The maximum Gasteiger partial charge on any atom is 0.416 e. The lowest BCUT2D eigenvalue weighted by Gasteiger charge is -2.10. The molecule has 0 fully saturated rings. The van der Waals surface area contributed by atoms with Gasteiger partial charge in [-0.15, -0.1) is 0 Å². The highest BCUT2D eigenvalue weighted by Gasteiger charge is 2.29. The lowest BCUT2D eigenvalue weighted by Crippen LogP contribution is -2.05. The number of carboxylic acids is 1. The summed E-state index contributed by atoms with van der Waals surface area (Å²) in [5.74, 6) is -0.994. The zero-order valence-corrected chi connectivity index (χ0v) is 13.0. The zero-order chi connectivity index (χ0) is 18.4. The van der Waals surface area contributed by atoms with Gasteiger partial charge >= 0.3 is 12.1 Å². The average molecular weight is 352 g/mol. The number of ketones is 1. The smallest absolute Gasteiger partial charge is 0.416 e. The molecule has 2 rings (SSSR count). The zero-order valence-electron chi connectivity index (χ0n) is 13.0. The minimum atomic E-state index is -4.38. The SMILES string of the molecule is O=C(O)CCC(=O)c1cccc(OCc2ccc(C(F)(F)F)cc2)c1. The highest BCUT2D eigenvalue weighted by Crippen LogP contribution is 2.29. The minimum Gasteiger partial charge on any atom is -0.489 e. The summed E-state index contributed by atoms with van der Waals surface area (Å²) in [4.78, 5) is 22.4. The lowest BCUT2D eigenvalue weighted by molar-refractivity contribution is -0.138. The molecule has 0 aliphatic rings. The standard InChI is InChI=1S/C18H15F3O4/c19-18(20,21)14-6-4-12(5-7-14)11-25-15-3-1-2-13(10-15)16(22)8-9-17(23)24/h1-7,10H,8-9,11H2,(H,23,24). The first kappa shape index (κ1) is 18.5. The van der Waals surface area contributed by atoms with Crippen molar-refractivity contribution < 1.29 is 32.6 Å². The molecule has 0 aliphatic heterocycles. The van der Waals surface area contributed by atoms with E-state index in [0.29, 0.717) is 16.9 Å². The molecule has 0 amide bonds. The molecule has 0 atom stereocenters. The Balaban J connectivity index is 1.98. The number of ether oxygens (including phenoxy) is 1. The maximum absolute atomic E-state index is 12.5. The van der Waals surface area contributed by atoms with Gasteiger partial charge in [-0.1, -0.05) is 24.3 Å². The Morgan fingerprint density at radius 1 is 1.00 bits per heavy atom. The van der Waals surface area contributed by atoms with E-state index in [0.717, 1.165) is 12.1 Å². The summed E-state index contributed by atoms with van der Waals surface area (Å²) in [6.45, 7) is 0.0465. The topological polar surface area (TPSA) is 63.6 Å². The van der Waals surface area contributed by atoms with Crippen LogP contribution in [0.25, 0.3) is 0 Å². The van der Waals surface area contributed by atoms with E-state index in [2.05, 4.69) is 0 Å². The second-order valence-corrected chi connectivity index (χ2v) is 5.33. The van der Waals surface area contributed by atoms with Crippen molar-refractivity contribution in [1.29, 1.82) is 0 Å². The Morgan fingerprint density at radius 3 is 2.28 bits per heavy atom. The number of carbonyl (C=O) groups excluding carboxylic acids is 1. The van der Waals surface area contributed by atoms with Gasteiger partial charge < -0.3 is 9.84 Å². The van der Waals surface area contributed by atoms with Gasteiger partial charge in [0, 0.05) is 12.0 Å². The molecule has 132 valence electrons. The molecule has 0 radical (unpaired) electrons. The van der Waals surface area contributed by atoms with Crippen LogP contribution >= 0.6 is 0 Å². The summed E-state index contributed by atoms with van der Waals surface area (Å²) < 4.78 is 43.0. The molecule has 0 aromatic heterocycles. The van der Waals surface area contributed by atoms with E-state index in [4.69, 9.17) is 9.84 Å².